The fourth-order valence-corrected chi connectivity index (χ4v) is 3.83. The lowest BCUT2D eigenvalue weighted by atomic mass is 10.1. The van der Waals surface area contributed by atoms with Crippen molar-refractivity contribution in [3.63, 3.8) is 0 Å². The van der Waals surface area contributed by atoms with Crippen molar-refractivity contribution in [1.29, 1.82) is 0 Å². The van der Waals surface area contributed by atoms with Crippen molar-refractivity contribution >= 4 is 16.7 Å². The molecular formula is C20H26FN3O2. The van der Waals surface area contributed by atoms with Crippen molar-refractivity contribution in [3.05, 3.63) is 35.6 Å². The van der Waals surface area contributed by atoms with Gasteiger partial charge in [0, 0.05) is 49.8 Å². The van der Waals surface area contributed by atoms with Crippen LogP contribution in [0.5, 0.6) is 0 Å². The van der Waals surface area contributed by atoms with Crippen LogP contribution < -0.4 is 10.2 Å². The Bertz CT molecular complexity index is 756. The van der Waals surface area contributed by atoms with Crippen LogP contribution >= 0.6 is 0 Å². The van der Waals surface area contributed by atoms with Gasteiger partial charge in [-0.15, -0.1) is 0 Å². The smallest absolute Gasteiger partial charge is 0.133 e. The molecule has 1 atom stereocenters. The molecule has 2 fully saturated rings. The zero-order valence-corrected chi connectivity index (χ0v) is 15.0. The molecule has 0 unspecified atom stereocenters. The maximum atomic E-state index is 13.6. The van der Waals surface area contributed by atoms with Crippen LogP contribution in [0.2, 0.25) is 0 Å². The van der Waals surface area contributed by atoms with E-state index in [1.54, 1.807) is 6.07 Å². The van der Waals surface area contributed by atoms with Crippen LogP contribution in [-0.4, -0.2) is 48.5 Å². The molecule has 0 bridgehead atoms. The van der Waals surface area contributed by atoms with Crippen LogP contribution in [0.3, 0.4) is 0 Å². The van der Waals surface area contributed by atoms with Crippen molar-refractivity contribution < 1.29 is 14.2 Å². The van der Waals surface area contributed by atoms with Gasteiger partial charge in [0.1, 0.15) is 11.6 Å². The van der Waals surface area contributed by atoms with E-state index in [0.29, 0.717) is 18.2 Å². The van der Waals surface area contributed by atoms with Crippen molar-refractivity contribution in [2.45, 2.75) is 44.4 Å². The number of ether oxygens (including phenoxy) is 1. The van der Waals surface area contributed by atoms with Gasteiger partial charge in [0.05, 0.1) is 17.7 Å². The number of pyridine rings is 1. The van der Waals surface area contributed by atoms with Crippen LogP contribution in [0.4, 0.5) is 10.2 Å². The molecule has 2 aromatic rings. The maximum absolute atomic E-state index is 13.6. The van der Waals surface area contributed by atoms with Gasteiger partial charge in [0.25, 0.3) is 0 Å². The number of anilines is 1. The quantitative estimate of drug-likeness (QED) is 0.859. The number of nitrogens with one attached hydrogen (secondary N) is 1. The lowest BCUT2D eigenvalue weighted by Gasteiger charge is -2.32. The first-order valence-corrected chi connectivity index (χ1v) is 9.53. The first kappa shape index (κ1) is 17.6. The predicted octanol–water partition coefficient (Wildman–Crippen LogP) is 2.60. The summed E-state index contributed by atoms with van der Waals surface area (Å²) in [5, 5.41) is 14.2. The largest absolute Gasteiger partial charge is 0.393 e. The molecule has 2 saturated heterocycles. The van der Waals surface area contributed by atoms with Gasteiger partial charge in [0.2, 0.25) is 0 Å². The zero-order chi connectivity index (χ0) is 17.9. The molecule has 6 heteroatoms. The van der Waals surface area contributed by atoms with Gasteiger partial charge in [-0.3, -0.25) is 0 Å². The average molecular weight is 359 g/mol. The van der Waals surface area contributed by atoms with Gasteiger partial charge in [0.15, 0.2) is 0 Å². The standard InChI is InChI=1S/C20H26FN3O2/c21-16-4-3-14-10-15(12-22-13-18-2-1-9-26-18)20(23-19(14)11-16)24-7-5-17(25)6-8-24/h3-4,10-11,17-18,22,25H,1-2,5-9,12-13H2/t18-/m1/s1. The highest BCUT2D eigenvalue weighted by molar-refractivity contribution is 5.82. The third kappa shape index (κ3) is 3.98. The summed E-state index contributed by atoms with van der Waals surface area (Å²) in [5.41, 5.74) is 1.78. The Kier molecular flexibility index (Phi) is 5.33. The highest BCUT2D eigenvalue weighted by atomic mass is 19.1. The number of benzene rings is 1. The molecule has 2 aliphatic rings. The summed E-state index contributed by atoms with van der Waals surface area (Å²) in [6.07, 6.45) is 3.80. The highest BCUT2D eigenvalue weighted by Crippen LogP contribution is 2.27. The molecule has 0 amide bonds. The number of hydrogen-bond donors (Lipinski definition) is 2. The normalized spacial score (nSPS) is 21.6. The van der Waals surface area contributed by atoms with E-state index in [1.807, 2.05) is 0 Å². The monoisotopic (exact) mass is 359 g/mol. The van der Waals surface area contributed by atoms with E-state index in [-0.39, 0.29) is 11.9 Å². The molecule has 0 spiro atoms. The number of halogens is 1. The first-order valence-electron chi connectivity index (χ1n) is 9.53. The molecule has 0 saturated carbocycles. The first-order chi connectivity index (χ1) is 12.7. The minimum absolute atomic E-state index is 0.231. The number of nitrogens with zero attached hydrogens (tertiary/aromatic N) is 2. The molecule has 140 valence electrons. The summed E-state index contributed by atoms with van der Waals surface area (Å²) in [7, 11) is 0. The fourth-order valence-electron chi connectivity index (χ4n) is 3.83. The number of aromatic nitrogens is 1. The van der Waals surface area contributed by atoms with Gasteiger partial charge in [-0.2, -0.15) is 0 Å². The summed E-state index contributed by atoms with van der Waals surface area (Å²) >= 11 is 0. The van der Waals surface area contributed by atoms with Crippen molar-refractivity contribution in [1.82, 2.24) is 10.3 Å². The Hall–Kier alpha value is -1.76. The summed E-state index contributed by atoms with van der Waals surface area (Å²) in [6, 6.07) is 6.85. The molecule has 1 aromatic carbocycles. The minimum atomic E-state index is -0.269. The lowest BCUT2D eigenvalue weighted by molar-refractivity contribution is 0.110. The summed E-state index contributed by atoms with van der Waals surface area (Å²) in [5.74, 6) is 0.629. The molecule has 2 aliphatic heterocycles. The molecule has 5 nitrogen and oxygen atoms in total. The average Bonchev–Trinajstić information content (AvgIpc) is 3.15. The summed E-state index contributed by atoms with van der Waals surface area (Å²) < 4.78 is 19.3. The number of fused-ring (bicyclic) bond motifs is 1. The van der Waals surface area contributed by atoms with E-state index in [1.165, 1.54) is 12.1 Å². The SMILES string of the molecule is OC1CCN(c2nc3cc(F)ccc3cc2CNC[C@H]2CCCO2)CC1. The predicted molar refractivity (Wildman–Crippen MR) is 99.8 cm³/mol. The number of hydrogen-bond acceptors (Lipinski definition) is 5. The number of aliphatic hydroxyl groups excluding tert-OH is 1. The van der Waals surface area contributed by atoms with Crippen molar-refractivity contribution in [3.8, 4) is 0 Å². The van der Waals surface area contributed by atoms with Gasteiger partial charge in [-0.05, 0) is 43.9 Å². The van der Waals surface area contributed by atoms with E-state index in [0.717, 1.165) is 68.7 Å². The Morgan fingerprint density at radius 1 is 1.23 bits per heavy atom. The number of piperidine rings is 1. The van der Waals surface area contributed by atoms with E-state index in [4.69, 9.17) is 9.72 Å². The van der Waals surface area contributed by atoms with E-state index < -0.39 is 0 Å². The van der Waals surface area contributed by atoms with E-state index in [9.17, 15) is 9.50 Å². The third-order valence-electron chi connectivity index (χ3n) is 5.31. The molecule has 0 aliphatic carbocycles. The summed E-state index contributed by atoms with van der Waals surface area (Å²) in [6.45, 7) is 3.94. The van der Waals surface area contributed by atoms with Crippen molar-refractivity contribution in [2.75, 3.05) is 31.1 Å². The Balaban J connectivity index is 1.57. The highest BCUT2D eigenvalue weighted by Gasteiger charge is 2.21. The molecule has 1 aromatic heterocycles. The molecule has 0 radical (unpaired) electrons. The second-order valence-corrected chi connectivity index (χ2v) is 7.29. The van der Waals surface area contributed by atoms with E-state index in [2.05, 4.69) is 16.3 Å². The molecule has 3 heterocycles. The molecule has 26 heavy (non-hydrogen) atoms. The van der Waals surface area contributed by atoms with Gasteiger partial charge < -0.3 is 20.1 Å². The number of aliphatic hydroxyl groups is 1. The topological polar surface area (TPSA) is 57.6 Å². The lowest BCUT2D eigenvalue weighted by Crippen LogP contribution is -2.37. The minimum Gasteiger partial charge on any atom is -0.393 e. The van der Waals surface area contributed by atoms with Crippen molar-refractivity contribution in [2.24, 2.45) is 0 Å². The van der Waals surface area contributed by atoms with Gasteiger partial charge in [-0.25, -0.2) is 9.37 Å². The molecule has 4 rings (SSSR count). The Labute approximate surface area is 153 Å². The maximum Gasteiger partial charge on any atom is 0.133 e. The Morgan fingerprint density at radius 2 is 2.08 bits per heavy atom. The number of rotatable bonds is 5. The van der Waals surface area contributed by atoms with E-state index >= 15 is 0 Å². The second-order valence-electron chi connectivity index (χ2n) is 7.29. The zero-order valence-electron chi connectivity index (χ0n) is 15.0. The summed E-state index contributed by atoms with van der Waals surface area (Å²) in [4.78, 5) is 6.98. The van der Waals surface area contributed by atoms with Gasteiger partial charge in [-0.1, -0.05) is 0 Å². The molecular weight excluding hydrogens is 333 g/mol. The van der Waals surface area contributed by atoms with Gasteiger partial charge >= 0.3 is 0 Å². The Morgan fingerprint density at radius 3 is 2.85 bits per heavy atom. The van der Waals surface area contributed by atoms with Crippen LogP contribution in [0.25, 0.3) is 10.9 Å². The van der Waals surface area contributed by atoms with Crippen LogP contribution in [0.15, 0.2) is 24.3 Å². The molecule has 2 N–H and O–H groups in total. The van der Waals surface area contributed by atoms with Crippen LogP contribution in [0.1, 0.15) is 31.2 Å². The van der Waals surface area contributed by atoms with Crippen LogP contribution in [-0.2, 0) is 11.3 Å². The fraction of sp³-hybridized carbons (Fsp3) is 0.550. The van der Waals surface area contributed by atoms with Crippen LogP contribution in [0, 0.1) is 5.82 Å². The second kappa shape index (κ2) is 7.86. The third-order valence-corrected chi connectivity index (χ3v) is 5.31.